The zero-order valence-electron chi connectivity index (χ0n) is 11.3. The number of aryl methyl sites for hydroxylation is 1. The Labute approximate surface area is 112 Å². The molecule has 102 valence electrons. The fourth-order valence-electron chi connectivity index (χ4n) is 2.26. The van der Waals surface area contributed by atoms with Gasteiger partial charge in [-0.3, -0.25) is 0 Å². The number of aromatic nitrogens is 2. The van der Waals surface area contributed by atoms with Crippen LogP contribution in [0.1, 0.15) is 18.7 Å². The minimum atomic E-state index is -0.244. The third kappa shape index (κ3) is 2.61. The van der Waals surface area contributed by atoms with Crippen molar-refractivity contribution >= 4 is 5.69 Å². The molecular weight excluding hydrogens is 243 g/mol. The average molecular weight is 262 g/mol. The molecule has 1 heterocycles. The molecule has 2 aromatic rings. The molecule has 0 aliphatic rings. The molecule has 0 saturated carbocycles. The zero-order valence-corrected chi connectivity index (χ0v) is 11.3. The van der Waals surface area contributed by atoms with E-state index in [1.165, 1.54) is 6.07 Å². The molecule has 1 atom stereocenters. The van der Waals surface area contributed by atoms with Gasteiger partial charge in [0, 0.05) is 20.1 Å². The topological polar surface area (TPSA) is 47.1 Å². The molecule has 1 aromatic carbocycles. The summed E-state index contributed by atoms with van der Waals surface area (Å²) in [6.07, 6.45) is 3.56. The fraction of sp³-hybridized carbons (Fsp3) is 0.357. The first-order valence-electron chi connectivity index (χ1n) is 6.36. The average Bonchev–Trinajstić information content (AvgIpc) is 2.88. The Morgan fingerprint density at radius 3 is 2.79 bits per heavy atom. The summed E-state index contributed by atoms with van der Waals surface area (Å²) >= 11 is 0. The Hall–Kier alpha value is -1.88. The number of nitrogens with zero attached hydrogens (tertiary/aromatic N) is 3. The Morgan fingerprint density at radius 2 is 2.16 bits per heavy atom. The highest BCUT2D eigenvalue weighted by atomic mass is 19.1. The second-order valence-corrected chi connectivity index (χ2v) is 4.42. The van der Waals surface area contributed by atoms with E-state index in [9.17, 15) is 4.39 Å². The Kier molecular flexibility index (Phi) is 4.16. The van der Waals surface area contributed by atoms with E-state index < -0.39 is 0 Å². The van der Waals surface area contributed by atoms with Gasteiger partial charge in [-0.25, -0.2) is 9.37 Å². The highest BCUT2D eigenvalue weighted by molar-refractivity contribution is 5.48. The van der Waals surface area contributed by atoms with Crippen LogP contribution in [0.2, 0.25) is 0 Å². The lowest BCUT2D eigenvalue weighted by Crippen LogP contribution is -2.32. The van der Waals surface area contributed by atoms with Crippen molar-refractivity contribution in [2.45, 2.75) is 19.5 Å². The highest BCUT2D eigenvalue weighted by Crippen LogP contribution is 2.26. The summed E-state index contributed by atoms with van der Waals surface area (Å²) in [6, 6.07) is 6.61. The van der Waals surface area contributed by atoms with Gasteiger partial charge in [0.05, 0.1) is 29.9 Å². The monoisotopic (exact) mass is 262 g/mol. The molecule has 5 heteroatoms. The Balaban J connectivity index is 2.35. The van der Waals surface area contributed by atoms with Crippen LogP contribution < -0.4 is 10.6 Å². The van der Waals surface area contributed by atoms with Gasteiger partial charge in [0.15, 0.2) is 0 Å². The molecule has 1 unspecified atom stereocenters. The normalized spacial score (nSPS) is 12.4. The van der Waals surface area contributed by atoms with Gasteiger partial charge in [-0.05, 0) is 19.1 Å². The summed E-state index contributed by atoms with van der Waals surface area (Å²) in [4.78, 5) is 6.01. The summed E-state index contributed by atoms with van der Waals surface area (Å²) in [5, 5.41) is 0. The van der Waals surface area contributed by atoms with E-state index in [-0.39, 0.29) is 11.9 Å². The molecule has 0 aliphatic carbocycles. The predicted molar refractivity (Wildman–Crippen MR) is 74.5 cm³/mol. The third-order valence-corrected chi connectivity index (χ3v) is 3.35. The quantitative estimate of drug-likeness (QED) is 0.898. The minimum absolute atomic E-state index is 0.0978. The number of rotatable bonds is 5. The van der Waals surface area contributed by atoms with Crippen LogP contribution in [0.25, 0.3) is 0 Å². The smallest absolute Gasteiger partial charge is 0.146 e. The summed E-state index contributed by atoms with van der Waals surface area (Å²) in [5.41, 5.74) is 7.41. The maximum Gasteiger partial charge on any atom is 0.146 e. The van der Waals surface area contributed by atoms with Gasteiger partial charge in [-0.1, -0.05) is 12.1 Å². The first kappa shape index (κ1) is 13.5. The molecular formula is C14H19FN4. The fourth-order valence-corrected chi connectivity index (χ4v) is 2.26. The molecule has 2 rings (SSSR count). The molecule has 2 N–H and O–H groups in total. The van der Waals surface area contributed by atoms with Gasteiger partial charge >= 0.3 is 0 Å². The van der Waals surface area contributed by atoms with E-state index >= 15 is 0 Å². The van der Waals surface area contributed by atoms with E-state index in [4.69, 9.17) is 5.73 Å². The lowest BCUT2D eigenvalue weighted by Gasteiger charge is -2.29. The number of likely N-dealkylation sites (N-methyl/N-ethyl adjacent to an activating group) is 1. The number of hydrogen-bond acceptors (Lipinski definition) is 3. The number of halogens is 1. The summed E-state index contributed by atoms with van der Waals surface area (Å²) in [6.45, 7) is 3.26. The van der Waals surface area contributed by atoms with Crippen molar-refractivity contribution in [2.75, 3.05) is 18.5 Å². The van der Waals surface area contributed by atoms with Crippen LogP contribution in [0, 0.1) is 5.82 Å². The summed E-state index contributed by atoms with van der Waals surface area (Å²) < 4.78 is 15.9. The van der Waals surface area contributed by atoms with Crippen LogP contribution in [0.4, 0.5) is 10.1 Å². The van der Waals surface area contributed by atoms with Crippen molar-refractivity contribution in [1.29, 1.82) is 0 Å². The lowest BCUT2D eigenvalue weighted by molar-refractivity contribution is 0.577. The van der Waals surface area contributed by atoms with Crippen molar-refractivity contribution in [3.8, 4) is 0 Å². The first-order valence-corrected chi connectivity index (χ1v) is 6.36. The van der Waals surface area contributed by atoms with Crippen molar-refractivity contribution in [3.05, 3.63) is 48.3 Å². The van der Waals surface area contributed by atoms with Gasteiger partial charge in [0.2, 0.25) is 0 Å². The second kappa shape index (κ2) is 5.84. The third-order valence-electron chi connectivity index (χ3n) is 3.35. The summed E-state index contributed by atoms with van der Waals surface area (Å²) in [7, 11) is 1.85. The number of anilines is 1. The van der Waals surface area contributed by atoms with Crippen molar-refractivity contribution < 1.29 is 4.39 Å². The van der Waals surface area contributed by atoms with Crippen LogP contribution in [-0.2, 0) is 6.54 Å². The standard InChI is InChI=1S/C14H19FN4/c1-3-19-10-17-9-14(19)13(8-16)18(2)12-7-5-4-6-11(12)15/h4-7,9-10,13H,3,8,16H2,1-2H3. The maximum absolute atomic E-state index is 13.9. The predicted octanol–water partition coefficient (Wildman–Crippen LogP) is 2.18. The molecule has 0 saturated heterocycles. The Morgan fingerprint density at radius 1 is 1.42 bits per heavy atom. The molecule has 19 heavy (non-hydrogen) atoms. The van der Waals surface area contributed by atoms with E-state index in [1.807, 2.05) is 29.5 Å². The van der Waals surface area contributed by atoms with Gasteiger partial charge < -0.3 is 15.2 Å². The van der Waals surface area contributed by atoms with E-state index in [0.29, 0.717) is 12.2 Å². The Bertz CT molecular complexity index is 538. The van der Waals surface area contributed by atoms with E-state index in [2.05, 4.69) is 4.98 Å². The van der Waals surface area contributed by atoms with Gasteiger partial charge in [0.1, 0.15) is 5.82 Å². The van der Waals surface area contributed by atoms with Crippen LogP contribution in [0.3, 0.4) is 0 Å². The van der Waals surface area contributed by atoms with E-state index in [1.54, 1.807) is 24.7 Å². The largest absolute Gasteiger partial charge is 0.362 e. The number of hydrogen-bond donors (Lipinski definition) is 1. The van der Waals surface area contributed by atoms with Crippen molar-refractivity contribution in [2.24, 2.45) is 5.73 Å². The van der Waals surface area contributed by atoms with Crippen LogP contribution in [0.5, 0.6) is 0 Å². The molecule has 1 aromatic heterocycles. The number of para-hydroxylation sites is 1. The molecule has 0 amide bonds. The molecule has 0 aliphatic heterocycles. The van der Waals surface area contributed by atoms with Gasteiger partial charge in [-0.2, -0.15) is 0 Å². The van der Waals surface area contributed by atoms with Crippen LogP contribution >= 0.6 is 0 Å². The van der Waals surface area contributed by atoms with Gasteiger partial charge in [-0.15, -0.1) is 0 Å². The molecule has 4 nitrogen and oxygen atoms in total. The van der Waals surface area contributed by atoms with Gasteiger partial charge in [0.25, 0.3) is 0 Å². The molecule has 0 radical (unpaired) electrons. The molecule has 0 bridgehead atoms. The maximum atomic E-state index is 13.9. The molecule has 0 fully saturated rings. The summed E-state index contributed by atoms with van der Waals surface area (Å²) in [5.74, 6) is -0.244. The zero-order chi connectivity index (χ0) is 13.8. The second-order valence-electron chi connectivity index (χ2n) is 4.42. The first-order chi connectivity index (χ1) is 9.19. The number of nitrogens with two attached hydrogens (primary N) is 1. The van der Waals surface area contributed by atoms with E-state index in [0.717, 1.165) is 12.2 Å². The molecule has 0 spiro atoms. The number of benzene rings is 1. The van der Waals surface area contributed by atoms with Crippen molar-refractivity contribution in [1.82, 2.24) is 9.55 Å². The minimum Gasteiger partial charge on any atom is -0.362 e. The highest BCUT2D eigenvalue weighted by Gasteiger charge is 2.21. The van der Waals surface area contributed by atoms with Crippen molar-refractivity contribution in [3.63, 3.8) is 0 Å². The lowest BCUT2D eigenvalue weighted by atomic mass is 10.1. The SMILES string of the molecule is CCn1cncc1C(CN)N(C)c1ccccc1F. The van der Waals surface area contributed by atoms with Crippen LogP contribution in [-0.4, -0.2) is 23.1 Å². The van der Waals surface area contributed by atoms with Crippen LogP contribution in [0.15, 0.2) is 36.8 Å². The number of imidazole rings is 1.